The molecule has 0 amide bonds. The molecule has 0 aliphatic heterocycles. The van der Waals surface area contributed by atoms with Gasteiger partial charge >= 0.3 is 18.5 Å². The van der Waals surface area contributed by atoms with Crippen molar-refractivity contribution in [2.24, 2.45) is 0 Å². The van der Waals surface area contributed by atoms with Gasteiger partial charge in [0, 0.05) is 11.4 Å². The van der Waals surface area contributed by atoms with E-state index in [0.29, 0.717) is 6.07 Å². The van der Waals surface area contributed by atoms with Crippen LogP contribution in [0.4, 0.5) is 26.3 Å². The molecule has 0 fully saturated rings. The maximum Gasteiger partial charge on any atom is 0.574 e. The Labute approximate surface area is 121 Å². The van der Waals surface area contributed by atoms with Crippen LogP contribution in [-0.2, 0) is 22.7 Å². The Balaban J connectivity index is 3.46. The minimum absolute atomic E-state index is 0.296. The molecule has 0 saturated carbocycles. The van der Waals surface area contributed by atoms with Crippen LogP contribution in [0, 0.1) is 0 Å². The first-order valence-electron chi connectivity index (χ1n) is 5.07. The summed E-state index contributed by atoms with van der Waals surface area (Å²) in [5.74, 6) is -2.88. The zero-order valence-electron chi connectivity index (χ0n) is 9.85. The Morgan fingerprint density at radius 1 is 1.29 bits per heavy atom. The van der Waals surface area contributed by atoms with Crippen LogP contribution in [0.3, 0.4) is 0 Å². The Bertz CT molecular complexity index is 543. The quantitative estimate of drug-likeness (QED) is 0.640. The van der Waals surface area contributed by atoms with Crippen molar-refractivity contribution in [1.29, 1.82) is 0 Å². The molecule has 1 aromatic rings. The zero-order valence-corrected chi connectivity index (χ0v) is 11.4. The maximum absolute atomic E-state index is 12.8. The van der Waals surface area contributed by atoms with Gasteiger partial charge in [-0.3, -0.25) is 4.79 Å². The van der Waals surface area contributed by atoms with Crippen molar-refractivity contribution in [2.45, 2.75) is 24.3 Å². The van der Waals surface area contributed by atoms with Crippen LogP contribution in [0.25, 0.3) is 0 Å². The third kappa shape index (κ3) is 5.06. The van der Waals surface area contributed by atoms with E-state index in [0.717, 1.165) is 0 Å². The number of carboxylic acid groups (broad SMARTS) is 1. The van der Waals surface area contributed by atoms with E-state index in [9.17, 15) is 31.1 Å². The van der Waals surface area contributed by atoms with E-state index in [-0.39, 0.29) is 10.9 Å². The second kappa shape index (κ2) is 6.08. The fraction of sp³-hybridized carbons (Fsp3) is 0.400. The van der Waals surface area contributed by atoms with Crippen LogP contribution < -0.4 is 4.74 Å². The zero-order chi connectivity index (χ0) is 16.4. The number of pyridine rings is 1. The van der Waals surface area contributed by atoms with Crippen molar-refractivity contribution in [2.75, 3.05) is 0 Å². The molecule has 0 bridgehead atoms. The molecule has 1 N–H and O–H groups in total. The molecule has 0 spiro atoms. The molecule has 1 heterocycles. The average Bonchev–Trinajstić information content (AvgIpc) is 2.26. The average molecular weight is 382 g/mol. The molecule has 4 nitrogen and oxygen atoms in total. The number of aromatic nitrogens is 1. The van der Waals surface area contributed by atoms with Gasteiger partial charge in [0.25, 0.3) is 0 Å². The first kappa shape index (κ1) is 17.5. The van der Waals surface area contributed by atoms with E-state index in [4.69, 9.17) is 5.11 Å². The Morgan fingerprint density at radius 3 is 2.24 bits per heavy atom. The van der Waals surface area contributed by atoms with E-state index < -0.39 is 42.1 Å². The van der Waals surface area contributed by atoms with Gasteiger partial charge in [-0.15, -0.1) is 13.2 Å². The van der Waals surface area contributed by atoms with Crippen LogP contribution in [0.5, 0.6) is 5.88 Å². The summed E-state index contributed by atoms with van der Waals surface area (Å²) in [7, 11) is 0. The van der Waals surface area contributed by atoms with Gasteiger partial charge in [-0.1, -0.05) is 15.9 Å². The van der Waals surface area contributed by atoms with Crippen LogP contribution in [0.1, 0.15) is 16.8 Å². The monoisotopic (exact) mass is 381 g/mol. The Hall–Kier alpha value is -1.52. The lowest BCUT2D eigenvalue weighted by molar-refractivity contribution is -0.276. The van der Waals surface area contributed by atoms with Crippen LogP contribution in [0.2, 0.25) is 0 Å². The smallest absolute Gasteiger partial charge is 0.481 e. The van der Waals surface area contributed by atoms with Gasteiger partial charge in [-0.25, -0.2) is 4.98 Å². The third-order valence-electron chi connectivity index (χ3n) is 2.15. The highest BCUT2D eigenvalue weighted by Gasteiger charge is 2.39. The molecule has 0 radical (unpaired) electrons. The van der Waals surface area contributed by atoms with Gasteiger partial charge < -0.3 is 9.84 Å². The van der Waals surface area contributed by atoms with Gasteiger partial charge in [0.1, 0.15) is 0 Å². The van der Waals surface area contributed by atoms with Crippen LogP contribution in [0.15, 0.2) is 6.07 Å². The standard InChI is InChI=1S/C10H6BrF6NO3/c11-3-4-1-6(21-10(15,16)17)18-8(9(12,13)14)5(4)2-7(19)20/h1H,2-3H2,(H,19,20). The topological polar surface area (TPSA) is 59.4 Å². The highest BCUT2D eigenvalue weighted by molar-refractivity contribution is 9.08. The van der Waals surface area contributed by atoms with Crippen molar-refractivity contribution < 1.29 is 41.0 Å². The second-order valence-corrected chi connectivity index (χ2v) is 4.26. The van der Waals surface area contributed by atoms with Crippen LogP contribution in [-0.4, -0.2) is 22.4 Å². The number of aliphatic carboxylic acids is 1. The van der Waals surface area contributed by atoms with Crippen molar-refractivity contribution >= 4 is 21.9 Å². The summed E-state index contributed by atoms with van der Waals surface area (Å²) in [4.78, 5) is 13.3. The molecule has 0 unspecified atom stereocenters. The summed E-state index contributed by atoms with van der Waals surface area (Å²) in [6.45, 7) is 0. The first-order chi connectivity index (χ1) is 9.44. The van der Waals surface area contributed by atoms with E-state index in [1.807, 2.05) is 0 Å². The SMILES string of the molecule is O=C(O)Cc1c(CBr)cc(OC(F)(F)F)nc1C(F)(F)F. The Kier molecular flexibility index (Phi) is 5.07. The van der Waals surface area contributed by atoms with Gasteiger partial charge in [0.05, 0.1) is 6.42 Å². The number of alkyl halides is 7. The molecule has 118 valence electrons. The molecular formula is C10H6BrF6NO3. The van der Waals surface area contributed by atoms with E-state index in [1.54, 1.807) is 0 Å². The highest BCUT2D eigenvalue weighted by Crippen LogP contribution is 2.36. The summed E-state index contributed by atoms with van der Waals surface area (Å²) in [6.07, 6.45) is -11.4. The number of halogens is 7. The molecule has 0 aromatic carbocycles. The highest BCUT2D eigenvalue weighted by atomic mass is 79.9. The number of rotatable bonds is 4. The fourth-order valence-electron chi connectivity index (χ4n) is 1.47. The number of hydrogen-bond donors (Lipinski definition) is 1. The van der Waals surface area contributed by atoms with E-state index in [2.05, 4.69) is 25.7 Å². The molecule has 1 aromatic heterocycles. The molecule has 0 saturated heterocycles. The normalized spacial score (nSPS) is 12.3. The van der Waals surface area contributed by atoms with E-state index in [1.165, 1.54) is 0 Å². The van der Waals surface area contributed by atoms with Gasteiger partial charge in [-0.05, 0) is 11.1 Å². The minimum atomic E-state index is -5.21. The molecule has 0 atom stereocenters. The number of carbonyl (C=O) groups is 1. The van der Waals surface area contributed by atoms with Crippen molar-refractivity contribution in [3.05, 3.63) is 22.9 Å². The molecule has 11 heteroatoms. The largest absolute Gasteiger partial charge is 0.574 e. The summed E-state index contributed by atoms with van der Waals surface area (Å²) in [5, 5.41) is 8.31. The first-order valence-corrected chi connectivity index (χ1v) is 6.19. The van der Waals surface area contributed by atoms with Gasteiger partial charge in [-0.2, -0.15) is 13.2 Å². The van der Waals surface area contributed by atoms with E-state index >= 15 is 0 Å². The number of carboxylic acids is 1. The predicted octanol–water partition coefficient (Wildman–Crippen LogP) is 3.52. The lowest BCUT2D eigenvalue weighted by Gasteiger charge is -2.16. The van der Waals surface area contributed by atoms with Gasteiger partial charge in [0.15, 0.2) is 5.69 Å². The third-order valence-corrected chi connectivity index (χ3v) is 2.76. The number of hydrogen-bond acceptors (Lipinski definition) is 3. The molecule has 21 heavy (non-hydrogen) atoms. The minimum Gasteiger partial charge on any atom is -0.481 e. The van der Waals surface area contributed by atoms with Gasteiger partial charge in [0.2, 0.25) is 5.88 Å². The summed E-state index contributed by atoms with van der Waals surface area (Å²) in [5.41, 5.74) is -2.75. The van der Waals surface area contributed by atoms with Crippen molar-refractivity contribution in [3.63, 3.8) is 0 Å². The predicted molar refractivity (Wildman–Crippen MR) is 59.9 cm³/mol. The molecular weight excluding hydrogens is 376 g/mol. The lowest BCUT2D eigenvalue weighted by atomic mass is 10.0. The van der Waals surface area contributed by atoms with Crippen LogP contribution >= 0.6 is 15.9 Å². The second-order valence-electron chi connectivity index (χ2n) is 3.70. The summed E-state index contributed by atoms with van der Waals surface area (Å²) >= 11 is 2.79. The molecule has 0 aliphatic rings. The Morgan fingerprint density at radius 2 is 1.86 bits per heavy atom. The number of nitrogens with zero attached hydrogens (tertiary/aromatic N) is 1. The van der Waals surface area contributed by atoms with Crippen molar-refractivity contribution in [3.8, 4) is 5.88 Å². The summed E-state index contributed by atoms with van der Waals surface area (Å²) in [6, 6.07) is 0.607. The lowest BCUT2D eigenvalue weighted by Crippen LogP contribution is -2.21. The maximum atomic E-state index is 12.8. The molecule has 1 rings (SSSR count). The fourth-order valence-corrected chi connectivity index (χ4v) is 1.97. The molecule has 0 aliphatic carbocycles. The summed E-state index contributed by atoms with van der Waals surface area (Å²) < 4.78 is 78.0. The van der Waals surface area contributed by atoms with Crippen molar-refractivity contribution in [1.82, 2.24) is 4.98 Å². The number of ether oxygens (including phenoxy) is 1.